The Hall–Kier alpha value is -1.70. The fraction of sp³-hybridized carbons (Fsp3) is 0.650. The Kier molecular flexibility index (Phi) is 5.34. The summed E-state index contributed by atoms with van der Waals surface area (Å²) in [6, 6.07) is 6.76. The molecule has 7 heteroatoms. The number of morpholine rings is 1. The molecule has 3 fully saturated rings. The third-order valence-corrected chi connectivity index (χ3v) is 6.33. The SMILES string of the molecule is COC1CN(c2cccc(F)c2)C12CCN(C(=O)CN1CCOCC1)CC2. The van der Waals surface area contributed by atoms with Crippen LogP contribution in [0.5, 0.6) is 0 Å². The minimum absolute atomic E-state index is 0.122. The van der Waals surface area contributed by atoms with Gasteiger partial charge in [-0.2, -0.15) is 0 Å². The van der Waals surface area contributed by atoms with Gasteiger partial charge < -0.3 is 19.3 Å². The number of likely N-dealkylation sites (tertiary alicyclic amines) is 1. The van der Waals surface area contributed by atoms with Crippen molar-refractivity contribution in [1.29, 1.82) is 0 Å². The summed E-state index contributed by atoms with van der Waals surface area (Å²) in [5.74, 6) is -0.0287. The topological polar surface area (TPSA) is 45.2 Å². The molecule has 1 aromatic rings. The third kappa shape index (κ3) is 3.56. The molecule has 0 bridgehead atoms. The molecule has 3 aliphatic heterocycles. The molecule has 3 saturated heterocycles. The first-order valence-corrected chi connectivity index (χ1v) is 9.76. The van der Waals surface area contributed by atoms with E-state index in [4.69, 9.17) is 9.47 Å². The number of methoxy groups -OCH3 is 1. The van der Waals surface area contributed by atoms with Gasteiger partial charge in [0, 0.05) is 45.5 Å². The van der Waals surface area contributed by atoms with E-state index in [0.717, 1.165) is 51.3 Å². The van der Waals surface area contributed by atoms with Crippen LogP contribution in [0.25, 0.3) is 0 Å². The van der Waals surface area contributed by atoms with Gasteiger partial charge in [0.25, 0.3) is 0 Å². The zero-order valence-corrected chi connectivity index (χ0v) is 15.9. The molecule has 0 aromatic heterocycles. The zero-order valence-electron chi connectivity index (χ0n) is 15.9. The summed E-state index contributed by atoms with van der Waals surface area (Å²) in [6.45, 7) is 5.72. The van der Waals surface area contributed by atoms with Crippen molar-refractivity contribution in [3.63, 3.8) is 0 Å². The van der Waals surface area contributed by atoms with Crippen molar-refractivity contribution in [2.45, 2.75) is 24.5 Å². The van der Waals surface area contributed by atoms with Gasteiger partial charge in [-0.15, -0.1) is 0 Å². The number of anilines is 1. The number of benzene rings is 1. The van der Waals surface area contributed by atoms with Gasteiger partial charge in [-0.3, -0.25) is 9.69 Å². The predicted molar refractivity (Wildman–Crippen MR) is 100 cm³/mol. The molecule has 1 unspecified atom stereocenters. The van der Waals surface area contributed by atoms with Crippen LogP contribution in [-0.2, 0) is 14.3 Å². The molecule has 1 aromatic carbocycles. The summed E-state index contributed by atoms with van der Waals surface area (Å²) in [5.41, 5.74) is 0.759. The molecular formula is C20H28FN3O3. The number of hydrogen-bond acceptors (Lipinski definition) is 5. The van der Waals surface area contributed by atoms with E-state index in [1.165, 1.54) is 6.07 Å². The van der Waals surface area contributed by atoms with E-state index in [0.29, 0.717) is 19.8 Å². The van der Waals surface area contributed by atoms with Gasteiger partial charge >= 0.3 is 0 Å². The molecule has 1 spiro atoms. The number of nitrogens with zero attached hydrogens (tertiary/aromatic N) is 3. The molecule has 27 heavy (non-hydrogen) atoms. The highest BCUT2D eigenvalue weighted by atomic mass is 19.1. The number of halogens is 1. The first-order chi connectivity index (χ1) is 13.1. The molecule has 4 rings (SSSR count). The van der Waals surface area contributed by atoms with Crippen LogP contribution in [0.2, 0.25) is 0 Å². The predicted octanol–water partition coefficient (Wildman–Crippen LogP) is 1.35. The lowest BCUT2D eigenvalue weighted by Crippen LogP contribution is -2.74. The summed E-state index contributed by atoms with van der Waals surface area (Å²) in [6.07, 6.45) is 1.81. The van der Waals surface area contributed by atoms with Crippen LogP contribution in [0.15, 0.2) is 24.3 Å². The van der Waals surface area contributed by atoms with Crippen molar-refractivity contribution in [3.05, 3.63) is 30.1 Å². The van der Waals surface area contributed by atoms with E-state index < -0.39 is 0 Å². The molecule has 148 valence electrons. The van der Waals surface area contributed by atoms with Crippen LogP contribution >= 0.6 is 0 Å². The van der Waals surface area contributed by atoms with Crippen molar-refractivity contribution >= 4 is 11.6 Å². The Labute approximate surface area is 159 Å². The fourth-order valence-corrected chi connectivity index (χ4v) is 4.67. The maximum absolute atomic E-state index is 13.7. The Morgan fingerprint density at radius 2 is 2.00 bits per heavy atom. The van der Waals surface area contributed by atoms with E-state index in [1.807, 2.05) is 11.0 Å². The van der Waals surface area contributed by atoms with Crippen LogP contribution in [0.4, 0.5) is 10.1 Å². The van der Waals surface area contributed by atoms with Crippen LogP contribution in [0.3, 0.4) is 0 Å². The highest BCUT2D eigenvalue weighted by Crippen LogP contribution is 2.44. The van der Waals surface area contributed by atoms with Gasteiger partial charge in [0.1, 0.15) is 5.82 Å². The molecule has 0 radical (unpaired) electrons. The van der Waals surface area contributed by atoms with Crippen molar-refractivity contribution in [3.8, 4) is 0 Å². The van der Waals surface area contributed by atoms with Gasteiger partial charge in [0.15, 0.2) is 0 Å². The van der Waals surface area contributed by atoms with E-state index in [1.54, 1.807) is 19.2 Å². The van der Waals surface area contributed by atoms with E-state index in [2.05, 4.69) is 9.80 Å². The Morgan fingerprint density at radius 3 is 2.67 bits per heavy atom. The molecule has 0 N–H and O–H groups in total. The standard InChI is InChI=1S/C20H28FN3O3/c1-26-18-14-24(17-4-2-3-16(21)13-17)20(18)5-7-23(8-6-20)19(25)15-22-9-11-27-12-10-22/h2-4,13,18H,5-12,14-15H2,1H3. The summed E-state index contributed by atoms with van der Waals surface area (Å²) >= 11 is 0. The Morgan fingerprint density at radius 1 is 1.26 bits per heavy atom. The van der Waals surface area contributed by atoms with Crippen molar-refractivity contribution < 1.29 is 18.7 Å². The number of hydrogen-bond donors (Lipinski definition) is 0. The number of rotatable bonds is 4. The Bertz CT molecular complexity index is 672. The summed E-state index contributed by atoms with van der Waals surface area (Å²) in [7, 11) is 1.74. The summed E-state index contributed by atoms with van der Waals surface area (Å²) in [4.78, 5) is 19.1. The molecule has 3 heterocycles. The monoisotopic (exact) mass is 377 g/mol. The lowest BCUT2D eigenvalue weighted by molar-refractivity contribution is -0.137. The maximum Gasteiger partial charge on any atom is 0.236 e. The van der Waals surface area contributed by atoms with E-state index >= 15 is 0 Å². The maximum atomic E-state index is 13.7. The van der Waals surface area contributed by atoms with Gasteiger partial charge in [-0.05, 0) is 31.0 Å². The average molecular weight is 377 g/mol. The molecule has 0 aliphatic carbocycles. The van der Waals surface area contributed by atoms with Crippen molar-refractivity contribution in [2.24, 2.45) is 0 Å². The average Bonchev–Trinajstić information content (AvgIpc) is 2.68. The number of piperidine rings is 1. The fourth-order valence-electron chi connectivity index (χ4n) is 4.67. The minimum Gasteiger partial charge on any atom is -0.379 e. The first-order valence-electron chi connectivity index (χ1n) is 9.76. The van der Waals surface area contributed by atoms with Crippen LogP contribution in [0, 0.1) is 5.82 Å². The second-order valence-corrected chi connectivity index (χ2v) is 7.69. The molecule has 1 amide bonds. The van der Waals surface area contributed by atoms with Gasteiger partial charge in [0.2, 0.25) is 5.91 Å². The quantitative estimate of drug-likeness (QED) is 0.793. The van der Waals surface area contributed by atoms with Crippen LogP contribution in [0.1, 0.15) is 12.8 Å². The largest absolute Gasteiger partial charge is 0.379 e. The zero-order chi connectivity index (χ0) is 18.9. The minimum atomic E-state index is -0.221. The van der Waals surface area contributed by atoms with Crippen LogP contribution < -0.4 is 4.90 Å². The molecule has 0 saturated carbocycles. The number of carbonyl (C=O) groups is 1. The highest BCUT2D eigenvalue weighted by molar-refractivity contribution is 5.78. The molecule has 6 nitrogen and oxygen atoms in total. The number of carbonyl (C=O) groups excluding carboxylic acids is 1. The third-order valence-electron chi connectivity index (χ3n) is 6.33. The van der Waals surface area contributed by atoms with Gasteiger partial charge in [0.05, 0.1) is 31.4 Å². The lowest BCUT2D eigenvalue weighted by Gasteiger charge is -2.61. The van der Waals surface area contributed by atoms with Crippen molar-refractivity contribution in [2.75, 3.05) is 64.5 Å². The van der Waals surface area contributed by atoms with Crippen molar-refractivity contribution in [1.82, 2.24) is 9.80 Å². The summed E-state index contributed by atoms with van der Waals surface area (Å²) < 4.78 is 24.8. The lowest BCUT2D eigenvalue weighted by atomic mass is 9.73. The van der Waals surface area contributed by atoms with E-state index in [9.17, 15) is 9.18 Å². The summed E-state index contributed by atoms with van der Waals surface area (Å²) in [5, 5.41) is 0. The highest BCUT2D eigenvalue weighted by Gasteiger charge is 2.55. The van der Waals surface area contributed by atoms with Gasteiger partial charge in [-0.1, -0.05) is 6.07 Å². The smallest absolute Gasteiger partial charge is 0.236 e. The Balaban J connectivity index is 1.40. The van der Waals surface area contributed by atoms with E-state index in [-0.39, 0.29) is 23.4 Å². The second kappa shape index (κ2) is 7.73. The molecule has 3 aliphatic rings. The van der Waals surface area contributed by atoms with Gasteiger partial charge in [-0.25, -0.2) is 4.39 Å². The number of ether oxygens (including phenoxy) is 2. The first kappa shape index (κ1) is 18.7. The van der Waals surface area contributed by atoms with Crippen LogP contribution in [-0.4, -0.2) is 86.9 Å². The second-order valence-electron chi connectivity index (χ2n) is 7.69. The molecule has 1 atom stereocenters. The normalized spacial score (nSPS) is 25.5. The number of amides is 1. The molecular weight excluding hydrogens is 349 g/mol.